The Bertz CT molecular complexity index is 457. The van der Waals surface area contributed by atoms with Crippen molar-refractivity contribution >= 4 is 5.96 Å². The number of hydrogen-bond donors (Lipinski definition) is 1. The van der Waals surface area contributed by atoms with Gasteiger partial charge in [0.25, 0.3) is 0 Å². The fourth-order valence-corrected chi connectivity index (χ4v) is 2.00. The van der Waals surface area contributed by atoms with Gasteiger partial charge >= 0.3 is 0 Å². The van der Waals surface area contributed by atoms with Gasteiger partial charge in [0.2, 0.25) is 0 Å². The zero-order valence-electron chi connectivity index (χ0n) is 13.4. The first-order valence-corrected chi connectivity index (χ1v) is 7.39. The number of aryl methyl sites for hydroxylation is 1. The molecule has 4 heteroatoms. The summed E-state index contributed by atoms with van der Waals surface area (Å²) in [7, 11) is 3.84. The lowest BCUT2D eigenvalue weighted by molar-refractivity contribution is 0.319. The molecule has 116 valence electrons. The Labute approximate surface area is 128 Å². The topological polar surface area (TPSA) is 36.9 Å². The maximum Gasteiger partial charge on any atom is 0.193 e. The van der Waals surface area contributed by atoms with Crippen molar-refractivity contribution in [1.82, 2.24) is 10.2 Å². The van der Waals surface area contributed by atoms with E-state index < -0.39 is 0 Å². The van der Waals surface area contributed by atoms with Gasteiger partial charge in [-0.05, 0) is 37.5 Å². The highest BCUT2D eigenvalue weighted by Gasteiger charge is 2.04. The summed E-state index contributed by atoms with van der Waals surface area (Å²) in [5, 5.41) is 3.31. The zero-order chi connectivity index (χ0) is 15.5. The molecule has 0 aromatic heterocycles. The third-order valence-corrected chi connectivity index (χ3v) is 3.12. The van der Waals surface area contributed by atoms with Gasteiger partial charge in [0, 0.05) is 20.6 Å². The molecule has 0 saturated heterocycles. The van der Waals surface area contributed by atoms with E-state index in [0.717, 1.165) is 37.6 Å². The number of aliphatic imine (C=N–C) groups is 1. The van der Waals surface area contributed by atoms with Crippen LogP contribution in [0.25, 0.3) is 0 Å². The van der Waals surface area contributed by atoms with Crippen LogP contribution in [0.1, 0.15) is 18.4 Å². The van der Waals surface area contributed by atoms with E-state index >= 15 is 0 Å². The second kappa shape index (κ2) is 9.86. The summed E-state index contributed by atoms with van der Waals surface area (Å²) in [6, 6.07) is 8.08. The van der Waals surface area contributed by atoms with Crippen LogP contribution < -0.4 is 10.1 Å². The molecule has 0 aliphatic rings. The van der Waals surface area contributed by atoms with E-state index in [4.69, 9.17) is 4.74 Å². The molecule has 21 heavy (non-hydrogen) atoms. The van der Waals surface area contributed by atoms with Gasteiger partial charge in [-0.2, -0.15) is 0 Å². The number of hydrogen-bond acceptors (Lipinski definition) is 2. The molecule has 1 N–H and O–H groups in total. The normalized spacial score (nSPS) is 11.1. The lowest BCUT2D eigenvalue weighted by atomic mass is 10.2. The molecule has 1 aromatic rings. The lowest BCUT2D eigenvalue weighted by Gasteiger charge is -2.21. The number of benzene rings is 1. The Kier molecular flexibility index (Phi) is 8.02. The van der Waals surface area contributed by atoms with E-state index in [1.807, 2.05) is 31.3 Å². The van der Waals surface area contributed by atoms with Crippen LogP contribution in [0, 0.1) is 6.92 Å². The molecule has 0 unspecified atom stereocenters. The van der Waals surface area contributed by atoms with Crippen molar-refractivity contribution in [2.24, 2.45) is 4.99 Å². The minimum Gasteiger partial charge on any atom is -0.492 e. The molecule has 0 fully saturated rings. The predicted octanol–water partition coefficient (Wildman–Crippen LogP) is 2.85. The summed E-state index contributed by atoms with van der Waals surface area (Å²) in [4.78, 5) is 6.40. The molecule has 1 aromatic carbocycles. The van der Waals surface area contributed by atoms with Crippen LogP contribution in [-0.2, 0) is 0 Å². The van der Waals surface area contributed by atoms with E-state index in [0.29, 0.717) is 6.61 Å². The SMILES string of the molecule is C=CCCCN(C)C(=NC)NCCOc1cccc(C)c1. The molecule has 0 aliphatic heterocycles. The first-order valence-electron chi connectivity index (χ1n) is 7.39. The summed E-state index contributed by atoms with van der Waals surface area (Å²) >= 11 is 0. The number of ether oxygens (including phenoxy) is 1. The number of unbranched alkanes of at least 4 members (excludes halogenated alkanes) is 1. The van der Waals surface area contributed by atoms with Gasteiger partial charge in [-0.25, -0.2) is 0 Å². The average Bonchev–Trinajstić information content (AvgIpc) is 2.47. The summed E-state index contributed by atoms with van der Waals surface area (Å²) in [6.45, 7) is 8.10. The molecule has 0 saturated carbocycles. The molecule has 0 amide bonds. The maximum absolute atomic E-state index is 5.71. The van der Waals surface area contributed by atoms with Crippen molar-refractivity contribution < 1.29 is 4.74 Å². The summed E-state index contributed by atoms with van der Waals surface area (Å²) in [5.74, 6) is 1.80. The second-order valence-electron chi connectivity index (χ2n) is 4.99. The highest BCUT2D eigenvalue weighted by Crippen LogP contribution is 2.11. The van der Waals surface area contributed by atoms with Crippen molar-refractivity contribution in [2.45, 2.75) is 19.8 Å². The highest BCUT2D eigenvalue weighted by molar-refractivity contribution is 5.79. The lowest BCUT2D eigenvalue weighted by Crippen LogP contribution is -2.41. The molecule has 0 spiro atoms. The van der Waals surface area contributed by atoms with Crippen molar-refractivity contribution in [3.8, 4) is 5.75 Å². The summed E-state index contributed by atoms with van der Waals surface area (Å²) in [5.41, 5.74) is 1.21. The van der Waals surface area contributed by atoms with Crippen LogP contribution in [0.2, 0.25) is 0 Å². The molecule has 0 aliphatic carbocycles. The van der Waals surface area contributed by atoms with Crippen LogP contribution in [0.3, 0.4) is 0 Å². The van der Waals surface area contributed by atoms with Gasteiger partial charge in [-0.1, -0.05) is 18.2 Å². The molecule has 0 heterocycles. The van der Waals surface area contributed by atoms with Crippen LogP contribution in [0.5, 0.6) is 5.75 Å². The van der Waals surface area contributed by atoms with Crippen molar-refractivity contribution in [2.75, 3.05) is 33.8 Å². The number of allylic oxidation sites excluding steroid dienone is 1. The first-order chi connectivity index (χ1) is 10.2. The van der Waals surface area contributed by atoms with Gasteiger partial charge in [0.1, 0.15) is 12.4 Å². The van der Waals surface area contributed by atoms with Gasteiger partial charge < -0.3 is 15.0 Å². The second-order valence-corrected chi connectivity index (χ2v) is 4.99. The summed E-state index contributed by atoms with van der Waals surface area (Å²) in [6.07, 6.45) is 4.05. The molecule has 0 radical (unpaired) electrons. The Morgan fingerprint density at radius 3 is 2.95 bits per heavy atom. The fraction of sp³-hybridized carbons (Fsp3) is 0.471. The Morgan fingerprint density at radius 2 is 2.29 bits per heavy atom. The highest BCUT2D eigenvalue weighted by atomic mass is 16.5. The monoisotopic (exact) mass is 289 g/mol. The molecule has 0 atom stereocenters. The smallest absolute Gasteiger partial charge is 0.193 e. The van der Waals surface area contributed by atoms with Gasteiger partial charge in [0.15, 0.2) is 5.96 Å². The number of nitrogens with zero attached hydrogens (tertiary/aromatic N) is 2. The van der Waals surface area contributed by atoms with Crippen LogP contribution in [0.4, 0.5) is 0 Å². The van der Waals surface area contributed by atoms with Crippen LogP contribution in [-0.4, -0.2) is 44.7 Å². The van der Waals surface area contributed by atoms with E-state index in [-0.39, 0.29) is 0 Å². The Morgan fingerprint density at radius 1 is 1.48 bits per heavy atom. The largest absolute Gasteiger partial charge is 0.492 e. The molecule has 0 bridgehead atoms. The first kappa shape index (κ1) is 17.1. The van der Waals surface area contributed by atoms with Crippen molar-refractivity contribution in [3.63, 3.8) is 0 Å². The van der Waals surface area contributed by atoms with E-state index in [2.05, 4.69) is 34.8 Å². The molecular weight excluding hydrogens is 262 g/mol. The molecule has 1 rings (SSSR count). The van der Waals surface area contributed by atoms with E-state index in [9.17, 15) is 0 Å². The van der Waals surface area contributed by atoms with Crippen molar-refractivity contribution in [3.05, 3.63) is 42.5 Å². The van der Waals surface area contributed by atoms with E-state index in [1.165, 1.54) is 5.56 Å². The number of guanidine groups is 1. The minimum atomic E-state index is 0.614. The van der Waals surface area contributed by atoms with Gasteiger partial charge in [0.05, 0.1) is 6.54 Å². The molecular formula is C17H27N3O. The number of nitrogens with one attached hydrogen (secondary N) is 1. The minimum absolute atomic E-state index is 0.614. The number of rotatable bonds is 8. The third-order valence-electron chi connectivity index (χ3n) is 3.12. The standard InChI is InChI=1S/C17H27N3O/c1-5-6-7-12-20(4)17(18-3)19-11-13-21-16-10-8-9-15(2)14-16/h5,8-10,14H,1,6-7,11-13H2,2-4H3,(H,18,19). The van der Waals surface area contributed by atoms with Crippen LogP contribution in [0.15, 0.2) is 41.9 Å². The van der Waals surface area contributed by atoms with Gasteiger partial charge in [-0.15, -0.1) is 6.58 Å². The third kappa shape index (κ3) is 6.84. The fourth-order valence-electron chi connectivity index (χ4n) is 2.00. The van der Waals surface area contributed by atoms with Crippen LogP contribution >= 0.6 is 0 Å². The Balaban J connectivity index is 2.27. The average molecular weight is 289 g/mol. The quantitative estimate of drug-likeness (QED) is 0.346. The predicted molar refractivity (Wildman–Crippen MR) is 90.1 cm³/mol. The maximum atomic E-state index is 5.71. The zero-order valence-corrected chi connectivity index (χ0v) is 13.4. The van der Waals surface area contributed by atoms with Crippen molar-refractivity contribution in [1.29, 1.82) is 0 Å². The summed E-state index contributed by atoms with van der Waals surface area (Å²) < 4.78 is 5.71. The molecule has 4 nitrogen and oxygen atoms in total. The van der Waals surface area contributed by atoms with Gasteiger partial charge in [-0.3, -0.25) is 4.99 Å². The Hall–Kier alpha value is -1.97. The van der Waals surface area contributed by atoms with E-state index in [1.54, 1.807) is 7.05 Å².